The van der Waals surface area contributed by atoms with E-state index in [9.17, 15) is 23.9 Å². The third-order valence-electron chi connectivity index (χ3n) is 5.11. The highest BCUT2D eigenvalue weighted by Gasteiger charge is 2.35. The van der Waals surface area contributed by atoms with Crippen LogP contribution in [-0.4, -0.2) is 48.5 Å². The fraction of sp³-hybridized carbons (Fsp3) is 0.348. The van der Waals surface area contributed by atoms with Crippen molar-refractivity contribution < 1.29 is 33.4 Å². The van der Waals surface area contributed by atoms with Crippen LogP contribution in [0.25, 0.3) is 0 Å². The van der Waals surface area contributed by atoms with Crippen molar-refractivity contribution in [3.05, 3.63) is 64.5 Å². The van der Waals surface area contributed by atoms with Gasteiger partial charge in [-0.25, -0.2) is 9.18 Å². The van der Waals surface area contributed by atoms with Gasteiger partial charge in [0, 0.05) is 12.6 Å². The first kappa shape index (κ1) is 23.7. The number of anilines is 1. The molecule has 1 aliphatic rings. The molecule has 7 nitrogen and oxygen atoms in total. The van der Waals surface area contributed by atoms with Crippen LogP contribution in [-0.2, 0) is 25.5 Å². The Morgan fingerprint density at radius 1 is 1.16 bits per heavy atom. The summed E-state index contributed by atoms with van der Waals surface area (Å²) in [5, 5.41) is 9.31. The third kappa shape index (κ3) is 5.46. The monoisotopic (exact) mass is 461 g/mol. The molecule has 0 radical (unpaired) electrons. The summed E-state index contributed by atoms with van der Waals surface area (Å²) in [6.07, 6.45) is 0.317. The van der Waals surface area contributed by atoms with Crippen molar-refractivity contribution in [1.82, 2.24) is 0 Å². The molecule has 1 amide bonds. The van der Waals surface area contributed by atoms with Gasteiger partial charge in [0.1, 0.15) is 17.8 Å². The van der Waals surface area contributed by atoms with E-state index in [0.29, 0.717) is 23.2 Å². The van der Waals surface area contributed by atoms with Gasteiger partial charge < -0.3 is 14.6 Å². The number of amides is 1. The number of nitrogens with zero attached hydrogens (tertiary/aromatic N) is 1. The van der Waals surface area contributed by atoms with Gasteiger partial charge in [0.05, 0.1) is 24.5 Å². The molecule has 1 fully saturated rings. The first-order chi connectivity index (χ1) is 15.3. The van der Waals surface area contributed by atoms with E-state index in [4.69, 9.17) is 9.47 Å². The molecule has 1 unspecified atom stereocenters. The third-order valence-corrected chi connectivity index (χ3v) is 6.32. The van der Waals surface area contributed by atoms with Gasteiger partial charge in [-0.15, -0.1) is 11.8 Å². The number of rotatable bonds is 9. The molecule has 0 spiro atoms. The number of esters is 1. The first-order valence-electron chi connectivity index (χ1n) is 10.1. The second-order valence-corrected chi connectivity index (χ2v) is 8.29. The zero-order chi connectivity index (χ0) is 23.3. The minimum atomic E-state index is -1.06. The first-order valence-corrected chi connectivity index (χ1v) is 11.1. The molecule has 32 heavy (non-hydrogen) atoms. The van der Waals surface area contributed by atoms with Crippen LogP contribution in [0.15, 0.2) is 36.4 Å². The normalized spacial score (nSPS) is 15.8. The molecule has 1 aliphatic heterocycles. The molecule has 0 aliphatic carbocycles. The smallest absolute Gasteiger partial charge is 0.335 e. The minimum absolute atomic E-state index is 0.0981. The summed E-state index contributed by atoms with van der Waals surface area (Å²) in [6, 6.07) is 9.15. The van der Waals surface area contributed by atoms with Gasteiger partial charge in [0.25, 0.3) is 0 Å². The second-order valence-electron chi connectivity index (χ2n) is 7.22. The largest absolute Gasteiger partial charge is 0.478 e. The number of carbonyl (C=O) groups excluding carboxylic acids is 2. The summed E-state index contributed by atoms with van der Waals surface area (Å²) in [5.74, 6) is -1.64. The minimum Gasteiger partial charge on any atom is -0.478 e. The fourth-order valence-corrected chi connectivity index (χ4v) is 4.78. The summed E-state index contributed by atoms with van der Waals surface area (Å²) in [7, 11) is 0. The van der Waals surface area contributed by atoms with Gasteiger partial charge in [-0.2, -0.15) is 0 Å². The number of carbonyl (C=O) groups is 3. The zero-order valence-corrected chi connectivity index (χ0v) is 18.6. The Balaban J connectivity index is 1.85. The van der Waals surface area contributed by atoms with Crippen LogP contribution in [0.5, 0.6) is 0 Å². The Hall–Kier alpha value is -2.91. The van der Waals surface area contributed by atoms with Crippen molar-refractivity contribution in [2.24, 2.45) is 0 Å². The maximum absolute atomic E-state index is 13.4. The van der Waals surface area contributed by atoms with E-state index in [1.54, 1.807) is 30.0 Å². The number of ether oxygens (including phenoxy) is 2. The molecular weight excluding hydrogens is 437 g/mol. The number of carboxylic acid groups (broad SMARTS) is 1. The average molecular weight is 462 g/mol. The molecule has 1 N–H and O–H groups in total. The van der Waals surface area contributed by atoms with Crippen LogP contribution in [0.3, 0.4) is 0 Å². The van der Waals surface area contributed by atoms with Gasteiger partial charge >= 0.3 is 11.9 Å². The van der Waals surface area contributed by atoms with Gasteiger partial charge in [0.2, 0.25) is 5.91 Å². The number of thioether (sulfide) groups is 1. The Labute approximate surface area is 189 Å². The standard InChI is InChI=1S/C23H24FNO6S/c1-14-18(9-10-30-11-12-31-15(2)26)19(23(28)29)7-8-20(14)25-21(27)13-32-22(25)16-3-5-17(24)6-4-16/h3-8,22H,9-13H2,1-2H3,(H,28,29). The molecule has 2 aromatic rings. The number of hydrogen-bond donors (Lipinski definition) is 1. The molecule has 1 saturated heterocycles. The average Bonchev–Trinajstić information content (AvgIpc) is 3.12. The van der Waals surface area contributed by atoms with Crippen molar-refractivity contribution in [1.29, 1.82) is 0 Å². The van der Waals surface area contributed by atoms with Crippen LogP contribution in [0.1, 0.15) is 39.3 Å². The van der Waals surface area contributed by atoms with E-state index >= 15 is 0 Å². The summed E-state index contributed by atoms with van der Waals surface area (Å²) in [4.78, 5) is 37.0. The molecule has 3 rings (SSSR count). The van der Waals surface area contributed by atoms with E-state index in [-0.39, 0.29) is 48.2 Å². The molecule has 2 aromatic carbocycles. The maximum atomic E-state index is 13.4. The van der Waals surface area contributed by atoms with Crippen molar-refractivity contribution in [2.45, 2.75) is 25.6 Å². The number of hydrogen-bond acceptors (Lipinski definition) is 6. The number of aromatic carboxylic acids is 1. The lowest BCUT2D eigenvalue weighted by Crippen LogP contribution is -2.29. The summed E-state index contributed by atoms with van der Waals surface area (Å²) in [5.41, 5.74) is 2.81. The highest BCUT2D eigenvalue weighted by atomic mass is 32.2. The van der Waals surface area contributed by atoms with E-state index in [2.05, 4.69) is 0 Å². The highest BCUT2D eigenvalue weighted by molar-refractivity contribution is 8.00. The maximum Gasteiger partial charge on any atom is 0.335 e. The molecule has 9 heteroatoms. The number of benzene rings is 2. The van der Waals surface area contributed by atoms with E-state index in [0.717, 1.165) is 5.56 Å². The summed E-state index contributed by atoms with van der Waals surface area (Å²) >= 11 is 1.44. The summed E-state index contributed by atoms with van der Waals surface area (Å²) in [6.45, 7) is 3.66. The van der Waals surface area contributed by atoms with Gasteiger partial charge in [-0.05, 0) is 54.3 Å². The van der Waals surface area contributed by atoms with Crippen molar-refractivity contribution in [2.75, 3.05) is 30.5 Å². The molecule has 0 aromatic heterocycles. The van der Waals surface area contributed by atoms with Crippen LogP contribution in [0.2, 0.25) is 0 Å². The molecule has 0 bridgehead atoms. The van der Waals surface area contributed by atoms with Crippen LogP contribution in [0.4, 0.5) is 10.1 Å². The van der Waals surface area contributed by atoms with Crippen molar-refractivity contribution in [3.8, 4) is 0 Å². The molecule has 170 valence electrons. The SMILES string of the molecule is CC(=O)OCCOCCc1c(C(=O)O)ccc(N2C(=O)CSC2c2ccc(F)cc2)c1C. The van der Waals surface area contributed by atoms with E-state index in [1.165, 1.54) is 36.9 Å². The fourth-order valence-electron chi connectivity index (χ4n) is 3.61. The Bertz CT molecular complexity index is 1010. The Morgan fingerprint density at radius 3 is 2.53 bits per heavy atom. The topological polar surface area (TPSA) is 93.1 Å². The van der Waals surface area contributed by atoms with Crippen LogP contribution >= 0.6 is 11.8 Å². The highest BCUT2D eigenvalue weighted by Crippen LogP contribution is 2.43. The van der Waals surface area contributed by atoms with Crippen LogP contribution in [0, 0.1) is 12.7 Å². The Kier molecular flexibility index (Phi) is 7.87. The molecule has 1 atom stereocenters. The number of carboxylic acids is 1. The predicted molar refractivity (Wildman–Crippen MR) is 118 cm³/mol. The lowest BCUT2D eigenvalue weighted by molar-refractivity contribution is -0.142. The molecule has 1 heterocycles. The molecule has 0 saturated carbocycles. The van der Waals surface area contributed by atoms with Gasteiger partial charge in [-0.1, -0.05) is 12.1 Å². The Morgan fingerprint density at radius 2 is 1.88 bits per heavy atom. The lowest BCUT2D eigenvalue weighted by Gasteiger charge is -2.27. The summed E-state index contributed by atoms with van der Waals surface area (Å²) < 4.78 is 23.7. The molecular formula is C23H24FNO6S. The van der Waals surface area contributed by atoms with Gasteiger partial charge in [0.15, 0.2) is 0 Å². The lowest BCUT2D eigenvalue weighted by atomic mass is 9.96. The van der Waals surface area contributed by atoms with Crippen LogP contribution < -0.4 is 4.90 Å². The number of halogens is 1. The van der Waals surface area contributed by atoms with E-state index < -0.39 is 11.9 Å². The van der Waals surface area contributed by atoms with Crippen molar-refractivity contribution >= 4 is 35.3 Å². The quantitative estimate of drug-likeness (QED) is 0.449. The van der Waals surface area contributed by atoms with Gasteiger partial charge in [-0.3, -0.25) is 14.5 Å². The zero-order valence-electron chi connectivity index (χ0n) is 17.8. The van der Waals surface area contributed by atoms with Crippen molar-refractivity contribution in [3.63, 3.8) is 0 Å². The second kappa shape index (κ2) is 10.6. The predicted octanol–water partition coefficient (Wildman–Crippen LogP) is 3.73. The van der Waals surface area contributed by atoms with E-state index in [1.807, 2.05) is 0 Å².